The maximum atomic E-state index is 13.1. The Morgan fingerprint density at radius 1 is 1.44 bits per heavy atom. The second-order valence-corrected chi connectivity index (χ2v) is 3.48. The fraction of sp³-hybridized carbons (Fsp3) is 0.222. The number of nitro groups is 1. The molecule has 0 aliphatic carbocycles. The van der Waals surface area contributed by atoms with Crippen LogP contribution in [0.5, 0.6) is 0 Å². The van der Waals surface area contributed by atoms with Gasteiger partial charge in [-0.3, -0.25) is 14.9 Å². The van der Waals surface area contributed by atoms with Crippen LogP contribution in [0.3, 0.4) is 0 Å². The number of benzene rings is 1. The maximum Gasteiger partial charge on any atom is 0.295 e. The van der Waals surface area contributed by atoms with E-state index < -0.39 is 45.8 Å². The first-order chi connectivity index (χ1) is 8.25. The number of primary amides is 1. The summed E-state index contributed by atoms with van der Waals surface area (Å²) >= 11 is 0. The normalized spacial score (nSPS) is 13.9. The first-order valence-electron chi connectivity index (χ1n) is 4.64. The smallest absolute Gasteiger partial charge is 0.295 e. The van der Waals surface area contributed by atoms with Gasteiger partial charge in [-0.1, -0.05) is 0 Å². The van der Waals surface area contributed by atoms with Crippen molar-refractivity contribution in [2.45, 2.75) is 12.2 Å². The van der Waals surface area contributed by atoms with Gasteiger partial charge in [-0.25, -0.2) is 4.39 Å². The van der Waals surface area contributed by atoms with E-state index in [0.717, 1.165) is 0 Å². The lowest BCUT2D eigenvalue weighted by atomic mass is 10.0. The molecule has 1 amide bonds. The van der Waals surface area contributed by atoms with Crippen LogP contribution in [0.25, 0.3) is 0 Å². The summed E-state index contributed by atoms with van der Waals surface area (Å²) in [5.74, 6) is -2.31. The molecule has 1 aromatic carbocycles. The summed E-state index contributed by atoms with van der Waals surface area (Å²) in [6.45, 7) is 0. The van der Waals surface area contributed by atoms with Crippen LogP contribution in [0.4, 0.5) is 15.8 Å². The largest absolute Gasteiger partial charge is 0.393 e. The number of rotatable bonds is 4. The van der Waals surface area contributed by atoms with Crippen LogP contribution in [0, 0.1) is 15.9 Å². The van der Waals surface area contributed by atoms with Gasteiger partial charge in [0.1, 0.15) is 17.6 Å². The zero-order valence-corrected chi connectivity index (χ0v) is 8.91. The average Bonchev–Trinajstić information content (AvgIpc) is 2.29. The third-order valence-electron chi connectivity index (χ3n) is 2.26. The van der Waals surface area contributed by atoms with E-state index in [1.54, 1.807) is 0 Å². The second kappa shape index (κ2) is 4.94. The highest BCUT2D eigenvalue weighted by Crippen LogP contribution is 2.32. The number of hydrogen-bond acceptors (Lipinski definition) is 6. The number of aliphatic hydroxyl groups excluding tert-OH is 2. The van der Waals surface area contributed by atoms with Crippen molar-refractivity contribution in [1.82, 2.24) is 0 Å². The number of nitrogen functional groups attached to an aromatic ring is 1. The Morgan fingerprint density at radius 2 is 2.00 bits per heavy atom. The SMILES string of the molecule is NC(=O)C(O)C(O)c1cc(F)cc([N+](=O)[O-])c1N. The molecule has 18 heavy (non-hydrogen) atoms. The molecule has 0 spiro atoms. The molecule has 0 radical (unpaired) electrons. The third kappa shape index (κ3) is 2.52. The predicted octanol–water partition coefficient (Wildman–Crippen LogP) is -0.804. The summed E-state index contributed by atoms with van der Waals surface area (Å²) < 4.78 is 13.1. The maximum absolute atomic E-state index is 13.1. The number of hydrogen-bond donors (Lipinski definition) is 4. The van der Waals surface area contributed by atoms with E-state index >= 15 is 0 Å². The van der Waals surface area contributed by atoms with Crippen molar-refractivity contribution in [1.29, 1.82) is 0 Å². The van der Waals surface area contributed by atoms with Crippen molar-refractivity contribution < 1.29 is 24.3 Å². The van der Waals surface area contributed by atoms with Crippen molar-refractivity contribution >= 4 is 17.3 Å². The van der Waals surface area contributed by atoms with E-state index in [1.807, 2.05) is 0 Å². The summed E-state index contributed by atoms with van der Waals surface area (Å²) in [6, 6.07) is 1.24. The number of nitrogens with two attached hydrogens (primary N) is 2. The molecular weight excluding hydrogens is 249 g/mol. The van der Waals surface area contributed by atoms with Crippen LogP contribution in [-0.4, -0.2) is 27.1 Å². The Balaban J connectivity index is 3.32. The van der Waals surface area contributed by atoms with E-state index in [2.05, 4.69) is 0 Å². The monoisotopic (exact) mass is 259 g/mol. The lowest BCUT2D eigenvalue weighted by Gasteiger charge is -2.16. The topological polar surface area (TPSA) is 153 Å². The van der Waals surface area contributed by atoms with E-state index in [0.29, 0.717) is 12.1 Å². The molecule has 98 valence electrons. The van der Waals surface area contributed by atoms with Crippen LogP contribution in [-0.2, 0) is 4.79 Å². The Kier molecular flexibility index (Phi) is 3.79. The number of carbonyl (C=O) groups excluding carboxylic acids is 1. The molecule has 0 saturated carbocycles. The quantitative estimate of drug-likeness (QED) is 0.315. The highest BCUT2D eigenvalue weighted by Gasteiger charge is 2.29. The van der Waals surface area contributed by atoms with Crippen molar-refractivity contribution in [2.75, 3.05) is 5.73 Å². The zero-order chi connectivity index (χ0) is 14.0. The molecule has 0 heterocycles. The minimum absolute atomic E-state index is 0.479. The first kappa shape index (κ1) is 13.8. The van der Waals surface area contributed by atoms with E-state index in [9.17, 15) is 29.5 Å². The van der Waals surface area contributed by atoms with Crippen LogP contribution in [0.1, 0.15) is 11.7 Å². The number of carbonyl (C=O) groups is 1. The Hall–Kier alpha value is -2.26. The van der Waals surface area contributed by atoms with Gasteiger partial charge in [-0.15, -0.1) is 0 Å². The van der Waals surface area contributed by atoms with E-state index in [-0.39, 0.29) is 0 Å². The number of amides is 1. The molecule has 6 N–H and O–H groups in total. The number of aliphatic hydroxyl groups is 2. The van der Waals surface area contributed by atoms with Gasteiger partial charge in [0.05, 0.1) is 11.0 Å². The van der Waals surface area contributed by atoms with Crippen molar-refractivity contribution in [3.05, 3.63) is 33.6 Å². The molecule has 2 unspecified atom stereocenters. The highest BCUT2D eigenvalue weighted by atomic mass is 19.1. The molecule has 1 rings (SSSR count). The Labute approximate surface area is 99.8 Å². The van der Waals surface area contributed by atoms with Gasteiger partial charge >= 0.3 is 0 Å². The number of halogens is 1. The Bertz CT molecular complexity index is 507. The van der Waals surface area contributed by atoms with Gasteiger partial charge in [0.2, 0.25) is 5.91 Å². The van der Waals surface area contributed by atoms with Crippen molar-refractivity contribution in [3.63, 3.8) is 0 Å². The molecule has 0 aliphatic rings. The standard InChI is InChI=1S/C9H10FN3O5/c10-3-1-4(7(14)8(15)9(12)16)6(11)5(2-3)13(17)18/h1-2,7-8,14-15H,11H2,(H2,12,16). The highest BCUT2D eigenvalue weighted by molar-refractivity contribution is 5.80. The summed E-state index contributed by atoms with van der Waals surface area (Å²) in [5.41, 5.74) is 8.30. The van der Waals surface area contributed by atoms with E-state index in [1.165, 1.54) is 0 Å². The predicted molar refractivity (Wildman–Crippen MR) is 57.6 cm³/mol. The molecule has 0 aromatic heterocycles. The third-order valence-corrected chi connectivity index (χ3v) is 2.26. The molecule has 0 fully saturated rings. The van der Waals surface area contributed by atoms with Gasteiger partial charge in [0.15, 0.2) is 6.10 Å². The average molecular weight is 259 g/mol. The minimum atomic E-state index is -2.05. The molecular formula is C9H10FN3O5. The molecule has 9 heteroatoms. The van der Waals surface area contributed by atoms with Crippen LogP contribution in [0.2, 0.25) is 0 Å². The van der Waals surface area contributed by atoms with E-state index in [4.69, 9.17) is 11.5 Å². The molecule has 2 atom stereocenters. The van der Waals surface area contributed by atoms with Gasteiger partial charge in [-0.05, 0) is 6.07 Å². The van der Waals surface area contributed by atoms with Gasteiger partial charge in [-0.2, -0.15) is 0 Å². The lowest BCUT2D eigenvalue weighted by Crippen LogP contribution is -2.34. The summed E-state index contributed by atoms with van der Waals surface area (Å²) in [6.07, 6.45) is -3.99. The lowest BCUT2D eigenvalue weighted by molar-refractivity contribution is -0.384. The molecule has 1 aromatic rings. The summed E-state index contributed by atoms with van der Waals surface area (Å²) in [7, 11) is 0. The molecule has 8 nitrogen and oxygen atoms in total. The molecule has 0 bridgehead atoms. The fourth-order valence-electron chi connectivity index (χ4n) is 1.35. The number of nitro benzene ring substituents is 1. The van der Waals surface area contributed by atoms with Crippen LogP contribution < -0.4 is 11.5 Å². The Morgan fingerprint density at radius 3 is 2.44 bits per heavy atom. The van der Waals surface area contributed by atoms with Gasteiger partial charge in [0, 0.05) is 5.56 Å². The summed E-state index contributed by atoms with van der Waals surface area (Å²) in [4.78, 5) is 20.3. The minimum Gasteiger partial charge on any atom is -0.393 e. The van der Waals surface area contributed by atoms with Crippen LogP contribution in [0.15, 0.2) is 12.1 Å². The van der Waals surface area contributed by atoms with Crippen molar-refractivity contribution in [3.8, 4) is 0 Å². The first-order valence-corrected chi connectivity index (χ1v) is 4.64. The van der Waals surface area contributed by atoms with Crippen LogP contribution >= 0.6 is 0 Å². The fourth-order valence-corrected chi connectivity index (χ4v) is 1.35. The zero-order valence-electron chi connectivity index (χ0n) is 8.91. The van der Waals surface area contributed by atoms with Gasteiger partial charge in [0.25, 0.3) is 5.69 Å². The number of anilines is 1. The molecule has 0 aliphatic heterocycles. The summed E-state index contributed by atoms with van der Waals surface area (Å²) in [5, 5.41) is 29.3. The number of nitrogens with zero attached hydrogens (tertiary/aromatic N) is 1. The van der Waals surface area contributed by atoms with Crippen molar-refractivity contribution in [2.24, 2.45) is 5.73 Å². The molecule has 0 saturated heterocycles. The van der Waals surface area contributed by atoms with Gasteiger partial charge < -0.3 is 21.7 Å². The second-order valence-electron chi connectivity index (χ2n) is 3.48.